The van der Waals surface area contributed by atoms with Crippen LogP contribution in [-0.4, -0.2) is 16.2 Å². The zero-order valence-corrected chi connectivity index (χ0v) is 8.72. The number of benzene rings is 1. The molecule has 1 aromatic heterocycles. The van der Waals surface area contributed by atoms with Crippen molar-refractivity contribution >= 4 is 11.6 Å². The SMILES string of the molecule is NC(=NCc1ccn[nH]1)Nc1ccccc1. The van der Waals surface area contributed by atoms with Crippen molar-refractivity contribution in [1.82, 2.24) is 10.2 Å². The molecule has 2 rings (SSSR count). The Hall–Kier alpha value is -2.30. The molecular weight excluding hydrogens is 202 g/mol. The molecule has 0 amide bonds. The molecule has 0 spiro atoms. The lowest BCUT2D eigenvalue weighted by atomic mass is 10.3. The van der Waals surface area contributed by atoms with Crippen LogP contribution in [0.3, 0.4) is 0 Å². The Balaban J connectivity index is 1.93. The largest absolute Gasteiger partial charge is 0.370 e. The van der Waals surface area contributed by atoms with Gasteiger partial charge in [-0.05, 0) is 18.2 Å². The van der Waals surface area contributed by atoms with E-state index in [1.165, 1.54) is 0 Å². The Morgan fingerprint density at radius 2 is 2.12 bits per heavy atom. The van der Waals surface area contributed by atoms with Crippen molar-refractivity contribution in [3.63, 3.8) is 0 Å². The van der Waals surface area contributed by atoms with Gasteiger partial charge in [0.05, 0.1) is 12.2 Å². The lowest BCUT2D eigenvalue weighted by molar-refractivity contribution is 0.944. The average molecular weight is 215 g/mol. The molecule has 0 aliphatic heterocycles. The second-order valence-corrected chi connectivity index (χ2v) is 3.27. The highest BCUT2D eigenvalue weighted by Crippen LogP contribution is 2.04. The van der Waals surface area contributed by atoms with Gasteiger partial charge >= 0.3 is 0 Å². The molecule has 5 nitrogen and oxygen atoms in total. The van der Waals surface area contributed by atoms with Gasteiger partial charge in [-0.2, -0.15) is 5.10 Å². The third-order valence-corrected chi connectivity index (χ3v) is 2.02. The van der Waals surface area contributed by atoms with Gasteiger partial charge in [-0.15, -0.1) is 0 Å². The molecule has 4 N–H and O–H groups in total. The number of aromatic nitrogens is 2. The molecule has 0 aliphatic rings. The van der Waals surface area contributed by atoms with Crippen LogP contribution in [0, 0.1) is 0 Å². The third-order valence-electron chi connectivity index (χ3n) is 2.02. The highest BCUT2D eigenvalue weighted by Gasteiger charge is 1.94. The summed E-state index contributed by atoms with van der Waals surface area (Å²) in [5, 5.41) is 9.64. The predicted octanol–water partition coefficient (Wildman–Crippen LogP) is 1.34. The van der Waals surface area contributed by atoms with Crippen LogP contribution < -0.4 is 11.1 Å². The number of anilines is 1. The molecule has 0 aliphatic carbocycles. The highest BCUT2D eigenvalue weighted by molar-refractivity contribution is 5.92. The molecule has 0 unspecified atom stereocenters. The minimum Gasteiger partial charge on any atom is -0.370 e. The number of nitrogens with one attached hydrogen (secondary N) is 2. The van der Waals surface area contributed by atoms with E-state index in [0.717, 1.165) is 11.4 Å². The minimum absolute atomic E-state index is 0.390. The van der Waals surface area contributed by atoms with Crippen LogP contribution in [0.1, 0.15) is 5.69 Å². The van der Waals surface area contributed by atoms with Crippen molar-refractivity contribution < 1.29 is 0 Å². The lowest BCUT2D eigenvalue weighted by Gasteiger charge is -2.04. The van der Waals surface area contributed by atoms with Crippen molar-refractivity contribution in [2.45, 2.75) is 6.54 Å². The third kappa shape index (κ3) is 2.84. The van der Waals surface area contributed by atoms with E-state index in [1.54, 1.807) is 6.20 Å². The van der Waals surface area contributed by atoms with E-state index in [1.807, 2.05) is 36.4 Å². The van der Waals surface area contributed by atoms with E-state index >= 15 is 0 Å². The summed E-state index contributed by atoms with van der Waals surface area (Å²) in [6.07, 6.45) is 1.69. The van der Waals surface area contributed by atoms with Gasteiger partial charge in [0.25, 0.3) is 0 Å². The van der Waals surface area contributed by atoms with Gasteiger partial charge in [-0.1, -0.05) is 18.2 Å². The molecule has 0 bridgehead atoms. The zero-order valence-electron chi connectivity index (χ0n) is 8.72. The van der Waals surface area contributed by atoms with Crippen LogP contribution in [0.4, 0.5) is 5.69 Å². The molecule has 0 fully saturated rings. The standard InChI is InChI=1S/C11H13N5/c12-11(13-8-10-6-7-14-16-10)15-9-4-2-1-3-5-9/h1-7H,8H2,(H,14,16)(H3,12,13,15). The molecular formula is C11H13N5. The Morgan fingerprint density at radius 3 is 2.81 bits per heavy atom. The number of H-pyrrole nitrogens is 1. The fourth-order valence-electron chi connectivity index (χ4n) is 1.25. The van der Waals surface area contributed by atoms with Crippen molar-refractivity contribution in [3.05, 3.63) is 48.3 Å². The molecule has 5 heteroatoms. The summed E-state index contributed by atoms with van der Waals surface area (Å²) in [5.41, 5.74) is 7.58. The first-order chi connectivity index (χ1) is 7.84. The molecule has 82 valence electrons. The topological polar surface area (TPSA) is 79.1 Å². The molecule has 16 heavy (non-hydrogen) atoms. The molecule has 0 saturated heterocycles. The normalized spacial score (nSPS) is 11.4. The fourth-order valence-corrected chi connectivity index (χ4v) is 1.25. The van der Waals surface area contributed by atoms with Crippen LogP contribution in [0.2, 0.25) is 0 Å². The van der Waals surface area contributed by atoms with Crippen molar-refractivity contribution in [2.24, 2.45) is 10.7 Å². The second kappa shape index (κ2) is 4.97. The van der Waals surface area contributed by atoms with E-state index in [4.69, 9.17) is 5.73 Å². The fraction of sp³-hybridized carbons (Fsp3) is 0.0909. The molecule has 1 aromatic carbocycles. The first-order valence-electron chi connectivity index (χ1n) is 4.95. The number of rotatable bonds is 3. The average Bonchev–Trinajstić information content (AvgIpc) is 2.81. The van der Waals surface area contributed by atoms with E-state index in [2.05, 4.69) is 20.5 Å². The molecule has 2 aromatic rings. The number of aliphatic imine (C=N–C) groups is 1. The predicted molar refractivity (Wildman–Crippen MR) is 64.0 cm³/mol. The first kappa shape index (κ1) is 10.2. The van der Waals surface area contributed by atoms with Gasteiger partial charge in [-0.25, -0.2) is 4.99 Å². The van der Waals surface area contributed by atoms with Gasteiger partial charge < -0.3 is 11.1 Å². The quantitative estimate of drug-likeness (QED) is 0.534. The summed E-state index contributed by atoms with van der Waals surface area (Å²) in [4.78, 5) is 4.17. The summed E-state index contributed by atoms with van der Waals surface area (Å²) in [5.74, 6) is 0.390. The van der Waals surface area contributed by atoms with Crippen LogP contribution in [0.5, 0.6) is 0 Å². The summed E-state index contributed by atoms with van der Waals surface area (Å²) >= 11 is 0. The number of nitrogens with two attached hydrogens (primary N) is 1. The maximum atomic E-state index is 5.73. The minimum atomic E-state index is 0.390. The second-order valence-electron chi connectivity index (χ2n) is 3.27. The number of nitrogens with zero attached hydrogens (tertiary/aromatic N) is 2. The Bertz CT molecular complexity index is 446. The molecule has 1 heterocycles. The summed E-state index contributed by atoms with van der Waals surface area (Å²) in [6, 6.07) is 11.5. The van der Waals surface area contributed by atoms with E-state index in [9.17, 15) is 0 Å². The maximum absolute atomic E-state index is 5.73. The van der Waals surface area contributed by atoms with E-state index in [0.29, 0.717) is 12.5 Å². The smallest absolute Gasteiger partial charge is 0.193 e. The van der Waals surface area contributed by atoms with Crippen LogP contribution in [0.15, 0.2) is 47.6 Å². The molecule has 0 atom stereocenters. The van der Waals surface area contributed by atoms with E-state index < -0.39 is 0 Å². The van der Waals surface area contributed by atoms with Crippen molar-refractivity contribution in [3.8, 4) is 0 Å². The number of para-hydroxylation sites is 1. The number of aromatic amines is 1. The van der Waals surface area contributed by atoms with Crippen LogP contribution in [-0.2, 0) is 6.54 Å². The Kier molecular flexibility index (Phi) is 3.18. The first-order valence-corrected chi connectivity index (χ1v) is 4.95. The Morgan fingerprint density at radius 1 is 1.31 bits per heavy atom. The van der Waals surface area contributed by atoms with Gasteiger partial charge in [0.1, 0.15) is 0 Å². The summed E-state index contributed by atoms with van der Waals surface area (Å²) in [6.45, 7) is 0.492. The monoisotopic (exact) mass is 215 g/mol. The number of hydrogen-bond donors (Lipinski definition) is 3. The van der Waals surface area contributed by atoms with Gasteiger partial charge in [0, 0.05) is 11.9 Å². The number of hydrogen-bond acceptors (Lipinski definition) is 2. The molecule has 0 radical (unpaired) electrons. The lowest BCUT2D eigenvalue weighted by Crippen LogP contribution is -2.22. The molecule has 0 saturated carbocycles. The maximum Gasteiger partial charge on any atom is 0.193 e. The van der Waals surface area contributed by atoms with Crippen LogP contribution in [0.25, 0.3) is 0 Å². The highest BCUT2D eigenvalue weighted by atomic mass is 15.1. The summed E-state index contributed by atoms with van der Waals surface area (Å²) in [7, 11) is 0. The van der Waals surface area contributed by atoms with E-state index in [-0.39, 0.29) is 0 Å². The van der Waals surface area contributed by atoms with Gasteiger partial charge in [0.15, 0.2) is 5.96 Å². The van der Waals surface area contributed by atoms with Crippen molar-refractivity contribution in [1.29, 1.82) is 0 Å². The Labute approximate surface area is 93.4 Å². The number of guanidine groups is 1. The van der Waals surface area contributed by atoms with Gasteiger partial charge in [-0.3, -0.25) is 5.10 Å². The van der Waals surface area contributed by atoms with Crippen LogP contribution >= 0.6 is 0 Å². The van der Waals surface area contributed by atoms with Gasteiger partial charge in [0.2, 0.25) is 0 Å². The zero-order chi connectivity index (χ0) is 11.2. The van der Waals surface area contributed by atoms with Crippen molar-refractivity contribution in [2.75, 3.05) is 5.32 Å². The summed E-state index contributed by atoms with van der Waals surface area (Å²) < 4.78 is 0.